The third kappa shape index (κ3) is 2.98. The number of halogens is 3. The van der Waals surface area contributed by atoms with Gasteiger partial charge in [0.2, 0.25) is 0 Å². The summed E-state index contributed by atoms with van der Waals surface area (Å²) in [6.07, 6.45) is -3.74. The molecule has 2 amide bonds. The van der Waals surface area contributed by atoms with Crippen molar-refractivity contribution in [3.8, 4) is 0 Å². The van der Waals surface area contributed by atoms with Crippen LogP contribution in [-0.2, 0) is 13.2 Å². The maximum atomic E-state index is 12.7. The minimum atomic E-state index is -4.63. The molecule has 1 atom stereocenters. The van der Waals surface area contributed by atoms with Crippen molar-refractivity contribution in [3.63, 3.8) is 0 Å². The average molecular weight is 278 g/mol. The van der Waals surface area contributed by atoms with Crippen molar-refractivity contribution in [2.75, 3.05) is 18.4 Å². The summed E-state index contributed by atoms with van der Waals surface area (Å²) in [5.41, 5.74) is -1.52. The van der Waals surface area contributed by atoms with Crippen molar-refractivity contribution in [3.05, 3.63) is 11.9 Å². The molecule has 0 spiro atoms. The second-order valence-electron chi connectivity index (χ2n) is 4.38. The van der Waals surface area contributed by atoms with Crippen molar-refractivity contribution in [1.82, 2.24) is 14.7 Å². The van der Waals surface area contributed by atoms with Gasteiger partial charge in [0.25, 0.3) is 0 Å². The molecule has 0 aromatic carbocycles. The van der Waals surface area contributed by atoms with Crippen LogP contribution in [0.4, 0.5) is 23.7 Å². The Morgan fingerprint density at radius 2 is 2.26 bits per heavy atom. The number of β-amino-alcohol motifs (C(OH)–C–C–N with tert-alkyl or cyclic N) is 1. The van der Waals surface area contributed by atoms with Crippen molar-refractivity contribution in [2.24, 2.45) is 7.05 Å². The van der Waals surface area contributed by atoms with Crippen molar-refractivity contribution in [1.29, 1.82) is 0 Å². The van der Waals surface area contributed by atoms with Crippen molar-refractivity contribution in [2.45, 2.75) is 18.7 Å². The van der Waals surface area contributed by atoms with Gasteiger partial charge in [-0.1, -0.05) is 0 Å². The third-order valence-corrected chi connectivity index (χ3v) is 2.79. The van der Waals surface area contributed by atoms with Gasteiger partial charge < -0.3 is 15.3 Å². The highest BCUT2D eigenvalue weighted by Crippen LogP contribution is 2.33. The summed E-state index contributed by atoms with van der Waals surface area (Å²) in [6.45, 7) is 0.433. The molecule has 1 aromatic heterocycles. The van der Waals surface area contributed by atoms with E-state index in [1.165, 1.54) is 11.9 Å². The molecular weight excluding hydrogens is 265 g/mol. The molecule has 9 heteroatoms. The van der Waals surface area contributed by atoms with Crippen LogP contribution in [-0.4, -0.2) is 45.0 Å². The quantitative estimate of drug-likeness (QED) is 0.806. The number of nitrogens with one attached hydrogen (secondary N) is 1. The van der Waals surface area contributed by atoms with Crippen molar-refractivity contribution < 1.29 is 23.1 Å². The Hall–Kier alpha value is -1.77. The van der Waals surface area contributed by atoms with Crippen LogP contribution in [0.5, 0.6) is 0 Å². The summed E-state index contributed by atoms with van der Waals surface area (Å²) in [4.78, 5) is 13.0. The zero-order valence-electron chi connectivity index (χ0n) is 10.1. The number of likely N-dealkylation sites (tertiary alicyclic amines) is 1. The molecule has 1 fully saturated rings. The number of anilines is 1. The number of aryl methyl sites for hydroxylation is 1. The molecule has 0 bridgehead atoms. The van der Waals surface area contributed by atoms with Gasteiger partial charge in [-0.05, 0) is 6.42 Å². The number of hydrogen-bond donors (Lipinski definition) is 2. The van der Waals surface area contributed by atoms with E-state index in [2.05, 4.69) is 10.4 Å². The zero-order valence-corrected chi connectivity index (χ0v) is 10.1. The summed E-state index contributed by atoms with van der Waals surface area (Å²) in [6, 6.07) is -0.671. The molecule has 1 aromatic rings. The molecule has 0 aliphatic carbocycles. The molecule has 0 unspecified atom stereocenters. The molecule has 0 radical (unpaired) electrons. The van der Waals surface area contributed by atoms with Crippen LogP contribution in [0.2, 0.25) is 0 Å². The molecule has 1 aliphatic heterocycles. The Morgan fingerprint density at radius 1 is 1.58 bits per heavy atom. The largest absolute Gasteiger partial charge is 0.437 e. The van der Waals surface area contributed by atoms with Gasteiger partial charge in [0.05, 0.1) is 11.8 Å². The normalized spacial score (nSPS) is 19.8. The summed E-state index contributed by atoms with van der Waals surface area (Å²) in [5, 5.41) is 14.7. The number of urea groups is 1. The highest BCUT2D eigenvalue weighted by Gasteiger charge is 2.38. The Bertz CT molecular complexity index is 486. The van der Waals surface area contributed by atoms with E-state index in [-0.39, 0.29) is 12.2 Å². The van der Waals surface area contributed by atoms with Gasteiger partial charge in [-0.2, -0.15) is 18.3 Å². The molecule has 19 heavy (non-hydrogen) atoms. The number of amides is 2. The first-order valence-electron chi connectivity index (χ1n) is 5.62. The second kappa shape index (κ2) is 4.72. The van der Waals surface area contributed by atoms with Crippen LogP contribution in [0.1, 0.15) is 12.1 Å². The van der Waals surface area contributed by atoms with Crippen LogP contribution >= 0.6 is 0 Å². The number of aliphatic hydroxyl groups is 1. The predicted molar refractivity (Wildman–Crippen MR) is 59.4 cm³/mol. The van der Waals surface area contributed by atoms with E-state index in [9.17, 15) is 23.1 Å². The van der Waals surface area contributed by atoms with Crippen LogP contribution < -0.4 is 5.32 Å². The van der Waals surface area contributed by atoms with E-state index < -0.39 is 24.0 Å². The number of aromatic nitrogens is 2. The minimum Gasteiger partial charge on any atom is -0.391 e. The Labute approximate surface area is 106 Å². The number of nitrogens with zero attached hydrogens (tertiary/aromatic N) is 3. The number of hydrogen-bond acceptors (Lipinski definition) is 3. The summed E-state index contributed by atoms with van der Waals surface area (Å²) in [5.74, 6) is 0. The maximum Gasteiger partial charge on any atom is 0.437 e. The first kappa shape index (κ1) is 13.7. The Morgan fingerprint density at radius 3 is 2.79 bits per heavy atom. The number of carbonyl (C=O) groups is 1. The second-order valence-corrected chi connectivity index (χ2v) is 4.38. The molecule has 6 nitrogen and oxygen atoms in total. The molecule has 1 aliphatic rings. The molecular formula is C10H13F3N4O2. The zero-order chi connectivity index (χ0) is 14.2. The van der Waals surface area contributed by atoms with Gasteiger partial charge in [-0.3, -0.25) is 4.68 Å². The fourth-order valence-electron chi connectivity index (χ4n) is 1.91. The fraction of sp³-hybridized carbons (Fsp3) is 0.600. The third-order valence-electron chi connectivity index (χ3n) is 2.79. The van der Waals surface area contributed by atoms with Gasteiger partial charge in [-0.25, -0.2) is 4.79 Å². The van der Waals surface area contributed by atoms with E-state index in [0.29, 0.717) is 13.0 Å². The molecule has 2 rings (SSSR count). The van der Waals surface area contributed by atoms with Crippen LogP contribution in [0.15, 0.2) is 6.20 Å². The monoisotopic (exact) mass is 278 g/mol. The van der Waals surface area contributed by atoms with Gasteiger partial charge in [0.15, 0.2) is 5.69 Å². The molecule has 0 saturated carbocycles. The Balaban J connectivity index is 2.13. The minimum absolute atomic E-state index is 0.118. The summed E-state index contributed by atoms with van der Waals surface area (Å²) >= 11 is 0. The van der Waals surface area contributed by atoms with Gasteiger partial charge in [-0.15, -0.1) is 0 Å². The van der Waals surface area contributed by atoms with Gasteiger partial charge >= 0.3 is 12.2 Å². The molecule has 2 heterocycles. The van der Waals surface area contributed by atoms with Crippen molar-refractivity contribution >= 4 is 11.7 Å². The van der Waals surface area contributed by atoms with E-state index in [1.54, 1.807) is 0 Å². The average Bonchev–Trinajstić information content (AvgIpc) is 2.84. The molecule has 1 saturated heterocycles. The highest BCUT2D eigenvalue weighted by molar-refractivity contribution is 5.90. The Kier molecular flexibility index (Phi) is 3.40. The summed E-state index contributed by atoms with van der Waals surface area (Å²) < 4.78 is 39.0. The predicted octanol–water partition coefficient (Wildman–Crippen LogP) is 1.04. The van der Waals surface area contributed by atoms with Gasteiger partial charge in [0, 0.05) is 26.3 Å². The summed E-state index contributed by atoms with van der Waals surface area (Å²) in [7, 11) is 1.34. The lowest BCUT2D eigenvalue weighted by molar-refractivity contribution is -0.140. The maximum absolute atomic E-state index is 12.7. The molecule has 2 N–H and O–H groups in total. The SMILES string of the molecule is Cn1cc(NC(=O)N2CC[C@H](O)C2)c(C(F)(F)F)n1. The lowest BCUT2D eigenvalue weighted by Gasteiger charge is -2.16. The highest BCUT2D eigenvalue weighted by atomic mass is 19.4. The number of carbonyl (C=O) groups excluding carboxylic acids is 1. The van der Waals surface area contributed by atoms with Crippen LogP contribution in [0.3, 0.4) is 0 Å². The standard InChI is InChI=1S/C10H13F3N4O2/c1-16-5-7(8(15-16)10(11,12)13)14-9(19)17-3-2-6(18)4-17/h5-6,18H,2-4H2,1H3,(H,14,19)/t6-/m0/s1. The van der Waals surface area contributed by atoms with Crippen LogP contribution in [0, 0.1) is 0 Å². The van der Waals surface area contributed by atoms with Gasteiger partial charge in [0.1, 0.15) is 0 Å². The number of rotatable bonds is 1. The first-order chi connectivity index (χ1) is 8.77. The number of alkyl halides is 3. The van der Waals surface area contributed by atoms with Crippen LogP contribution in [0.25, 0.3) is 0 Å². The van der Waals surface area contributed by atoms with E-state index >= 15 is 0 Å². The topological polar surface area (TPSA) is 70.4 Å². The lowest BCUT2D eigenvalue weighted by Crippen LogP contribution is -2.34. The van der Waals surface area contributed by atoms with E-state index in [4.69, 9.17) is 0 Å². The molecule has 106 valence electrons. The lowest BCUT2D eigenvalue weighted by atomic mass is 10.3. The fourth-order valence-corrected chi connectivity index (χ4v) is 1.91. The smallest absolute Gasteiger partial charge is 0.391 e. The first-order valence-corrected chi connectivity index (χ1v) is 5.62. The number of aliphatic hydroxyl groups excluding tert-OH is 1. The van der Waals surface area contributed by atoms with E-state index in [1.807, 2.05) is 0 Å². The van der Waals surface area contributed by atoms with E-state index in [0.717, 1.165) is 10.9 Å².